The van der Waals surface area contributed by atoms with Gasteiger partial charge in [0, 0.05) is 13.2 Å². The molecular weight excluding hydrogens is 182 g/mol. The van der Waals surface area contributed by atoms with Crippen molar-refractivity contribution in [3.05, 3.63) is 0 Å². The molecule has 0 aliphatic rings. The molecule has 0 heterocycles. The van der Waals surface area contributed by atoms with E-state index in [0.717, 1.165) is 0 Å². The molecule has 0 aliphatic carbocycles. The summed E-state index contributed by atoms with van der Waals surface area (Å²) < 4.78 is 5.17. The lowest BCUT2D eigenvalue weighted by atomic mass is 9.96. The van der Waals surface area contributed by atoms with Gasteiger partial charge in [0.25, 0.3) is 0 Å². The van der Waals surface area contributed by atoms with Crippen LogP contribution in [-0.4, -0.2) is 48.2 Å². The van der Waals surface area contributed by atoms with E-state index in [-0.39, 0.29) is 25.4 Å². The maximum atomic E-state index is 9.22. The van der Waals surface area contributed by atoms with Crippen LogP contribution in [0.5, 0.6) is 0 Å². The molecule has 0 aromatic rings. The summed E-state index contributed by atoms with van der Waals surface area (Å²) in [6.45, 7) is 5.72. The maximum absolute atomic E-state index is 9.22. The van der Waals surface area contributed by atoms with Gasteiger partial charge in [-0.05, 0) is 20.3 Å². The van der Waals surface area contributed by atoms with Gasteiger partial charge in [-0.2, -0.15) is 0 Å². The van der Waals surface area contributed by atoms with Crippen LogP contribution in [0.1, 0.15) is 27.2 Å². The number of aliphatic hydroxyl groups excluding tert-OH is 2. The fraction of sp³-hybridized carbons (Fsp3) is 1.00. The van der Waals surface area contributed by atoms with Crippen molar-refractivity contribution in [3.8, 4) is 0 Å². The van der Waals surface area contributed by atoms with E-state index in [4.69, 9.17) is 4.74 Å². The summed E-state index contributed by atoms with van der Waals surface area (Å²) in [6.07, 6.45) is 0.736. The van der Waals surface area contributed by atoms with Crippen molar-refractivity contribution in [1.29, 1.82) is 0 Å². The first-order valence-corrected chi connectivity index (χ1v) is 5.07. The van der Waals surface area contributed by atoms with Crippen LogP contribution in [-0.2, 0) is 4.74 Å². The van der Waals surface area contributed by atoms with Crippen LogP contribution in [0.4, 0.5) is 0 Å². The van der Waals surface area contributed by atoms with E-state index in [1.165, 1.54) is 0 Å². The third-order valence-electron chi connectivity index (χ3n) is 2.89. The summed E-state index contributed by atoms with van der Waals surface area (Å²) in [4.78, 5) is 0. The first-order valence-electron chi connectivity index (χ1n) is 5.07. The van der Waals surface area contributed by atoms with Gasteiger partial charge in [-0.15, -0.1) is 0 Å². The number of ether oxygens (including phenoxy) is 1. The lowest BCUT2D eigenvalue weighted by Crippen LogP contribution is -2.57. The lowest BCUT2D eigenvalue weighted by Gasteiger charge is -2.35. The zero-order valence-corrected chi connectivity index (χ0v) is 9.58. The SMILES string of the molecule is CCC(CO)(CO)NC(C)C(C)OC. The third-order valence-corrected chi connectivity index (χ3v) is 2.89. The van der Waals surface area contributed by atoms with Gasteiger partial charge >= 0.3 is 0 Å². The average Bonchev–Trinajstić information content (AvgIpc) is 2.24. The molecule has 0 aliphatic heterocycles. The van der Waals surface area contributed by atoms with Crippen molar-refractivity contribution in [2.45, 2.75) is 44.9 Å². The van der Waals surface area contributed by atoms with Crippen LogP contribution in [0, 0.1) is 0 Å². The van der Waals surface area contributed by atoms with Crippen molar-refractivity contribution in [3.63, 3.8) is 0 Å². The van der Waals surface area contributed by atoms with E-state index in [9.17, 15) is 10.2 Å². The van der Waals surface area contributed by atoms with Gasteiger partial charge in [0.15, 0.2) is 0 Å². The zero-order chi connectivity index (χ0) is 11.2. The number of hydrogen-bond acceptors (Lipinski definition) is 4. The molecule has 0 saturated carbocycles. The quantitative estimate of drug-likeness (QED) is 0.553. The van der Waals surface area contributed by atoms with Crippen LogP contribution >= 0.6 is 0 Å². The summed E-state index contributed by atoms with van der Waals surface area (Å²) in [5.74, 6) is 0. The highest BCUT2D eigenvalue weighted by molar-refractivity contribution is 4.89. The van der Waals surface area contributed by atoms with Gasteiger partial charge in [0.2, 0.25) is 0 Å². The molecule has 4 nitrogen and oxygen atoms in total. The van der Waals surface area contributed by atoms with Crippen molar-refractivity contribution in [2.24, 2.45) is 0 Å². The molecule has 0 spiro atoms. The van der Waals surface area contributed by atoms with Crippen LogP contribution in [0.2, 0.25) is 0 Å². The largest absolute Gasteiger partial charge is 0.394 e. The Morgan fingerprint density at radius 1 is 1.29 bits per heavy atom. The average molecular weight is 205 g/mol. The molecule has 2 atom stereocenters. The van der Waals surface area contributed by atoms with Gasteiger partial charge in [0.05, 0.1) is 24.9 Å². The van der Waals surface area contributed by atoms with Crippen molar-refractivity contribution < 1.29 is 14.9 Å². The molecule has 0 aromatic heterocycles. The van der Waals surface area contributed by atoms with Crippen LogP contribution < -0.4 is 5.32 Å². The smallest absolute Gasteiger partial charge is 0.0693 e. The molecule has 0 saturated heterocycles. The minimum absolute atomic E-state index is 0.0547. The Morgan fingerprint density at radius 3 is 2.07 bits per heavy atom. The third kappa shape index (κ3) is 3.53. The molecule has 86 valence electrons. The predicted octanol–water partition coefficient (Wildman–Crippen LogP) is 0.133. The van der Waals surface area contributed by atoms with Crippen LogP contribution in [0.3, 0.4) is 0 Å². The number of aliphatic hydroxyl groups is 2. The van der Waals surface area contributed by atoms with Gasteiger partial charge in [0.1, 0.15) is 0 Å². The number of rotatable bonds is 7. The van der Waals surface area contributed by atoms with E-state index in [2.05, 4.69) is 5.32 Å². The molecule has 0 fully saturated rings. The second-order valence-corrected chi connectivity index (χ2v) is 3.82. The van der Waals surface area contributed by atoms with Crippen LogP contribution in [0.25, 0.3) is 0 Å². The Bertz CT molecular complexity index is 140. The molecule has 3 N–H and O–H groups in total. The zero-order valence-electron chi connectivity index (χ0n) is 9.58. The second-order valence-electron chi connectivity index (χ2n) is 3.82. The number of methoxy groups -OCH3 is 1. The van der Waals surface area contributed by atoms with Gasteiger partial charge in [-0.1, -0.05) is 6.92 Å². The highest BCUT2D eigenvalue weighted by Crippen LogP contribution is 2.11. The Hall–Kier alpha value is -0.160. The minimum Gasteiger partial charge on any atom is -0.394 e. The second kappa shape index (κ2) is 6.35. The van der Waals surface area contributed by atoms with Gasteiger partial charge < -0.3 is 20.3 Å². The highest BCUT2D eigenvalue weighted by atomic mass is 16.5. The van der Waals surface area contributed by atoms with Gasteiger partial charge in [-0.25, -0.2) is 0 Å². The van der Waals surface area contributed by atoms with E-state index in [1.807, 2.05) is 20.8 Å². The van der Waals surface area contributed by atoms with E-state index < -0.39 is 5.54 Å². The lowest BCUT2D eigenvalue weighted by molar-refractivity contribution is 0.0368. The van der Waals surface area contributed by atoms with E-state index in [0.29, 0.717) is 6.42 Å². The number of nitrogens with one attached hydrogen (secondary N) is 1. The maximum Gasteiger partial charge on any atom is 0.0693 e. The monoisotopic (exact) mass is 205 g/mol. The summed E-state index contributed by atoms with van der Waals surface area (Å²) in [7, 11) is 1.65. The normalized spacial score (nSPS) is 16.7. The fourth-order valence-corrected chi connectivity index (χ4v) is 1.27. The molecule has 0 rings (SSSR count). The summed E-state index contributed by atoms with van der Waals surface area (Å²) >= 11 is 0. The van der Waals surface area contributed by atoms with Crippen LogP contribution in [0.15, 0.2) is 0 Å². The molecular formula is C10H23NO3. The summed E-state index contributed by atoms with van der Waals surface area (Å²) in [5.41, 5.74) is -0.591. The summed E-state index contributed by atoms with van der Waals surface area (Å²) in [5, 5.41) is 21.6. The Balaban J connectivity index is 4.28. The first kappa shape index (κ1) is 13.8. The predicted molar refractivity (Wildman–Crippen MR) is 56.3 cm³/mol. The molecule has 0 radical (unpaired) electrons. The molecule has 0 amide bonds. The molecule has 14 heavy (non-hydrogen) atoms. The minimum atomic E-state index is -0.591. The van der Waals surface area contributed by atoms with E-state index in [1.54, 1.807) is 7.11 Å². The highest BCUT2D eigenvalue weighted by Gasteiger charge is 2.29. The topological polar surface area (TPSA) is 61.7 Å². The molecule has 0 bridgehead atoms. The standard InChI is InChI=1S/C10H23NO3/c1-5-10(6-12,7-13)11-8(2)9(3)14-4/h8-9,11-13H,5-7H2,1-4H3. The molecule has 4 heteroatoms. The van der Waals surface area contributed by atoms with Gasteiger partial charge in [-0.3, -0.25) is 0 Å². The molecule has 0 aromatic carbocycles. The van der Waals surface area contributed by atoms with Crippen molar-refractivity contribution in [1.82, 2.24) is 5.32 Å². The summed E-state index contributed by atoms with van der Waals surface area (Å²) in [6, 6.07) is 0.0965. The van der Waals surface area contributed by atoms with Crippen molar-refractivity contribution in [2.75, 3.05) is 20.3 Å². The Labute approximate surface area is 86.3 Å². The fourth-order valence-electron chi connectivity index (χ4n) is 1.27. The number of hydrogen-bond donors (Lipinski definition) is 3. The Kier molecular flexibility index (Phi) is 6.27. The van der Waals surface area contributed by atoms with Crippen molar-refractivity contribution >= 4 is 0 Å². The van der Waals surface area contributed by atoms with E-state index >= 15 is 0 Å². The first-order chi connectivity index (χ1) is 6.55. The Morgan fingerprint density at radius 2 is 1.79 bits per heavy atom. The molecule has 2 unspecified atom stereocenters.